The van der Waals surface area contributed by atoms with Gasteiger partial charge in [-0.1, -0.05) is 12.2 Å². The minimum atomic E-state index is 0.0428. The molecule has 3 nitrogen and oxygen atoms in total. The molecule has 5 heteroatoms. The quantitative estimate of drug-likeness (QED) is 0.808. The average Bonchev–Trinajstić information content (AvgIpc) is 2.47. The van der Waals surface area contributed by atoms with E-state index in [0.717, 1.165) is 25.9 Å². The lowest BCUT2D eigenvalue weighted by Crippen LogP contribution is -2.52. The Bertz CT molecular complexity index is 317. The fourth-order valence-corrected chi connectivity index (χ4v) is 4.71. The summed E-state index contributed by atoms with van der Waals surface area (Å²) in [6.07, 6.45) is 9.81. The van der Waals surface area contributed by atoms with Crippen molar-refractivity contribution in [2.45, 2.75) is 55.4 Å². The van der Waals surface area contributed by atoms with Gasteiger partial charge in [-0.3, -0.25) is 0 Å². The maximum Gasteiger partial charge on any atom is 0.0891 e. The first-order chi connectivity index (χ1) is 9.11. The van der Waals surface area contributed by atoms with Crippen LogP contribution in [0.2, 0.25) is 0 Å². The summed E-state index contributed by atoms with van der Waals surface area (Å²) in [7, 11) is 1.84. The van der Waals surface area contributed by atoms with Crippen LogP contribution in [0.25, 0.3) is 0 Å². The van der Waals surface area contributed by atoms with Crippen LogP contribution in [0.4, 0.5) is 0 Å². The van der Waals surface area contributed by atoms with Crippen LogP contribution in [0.15, 0.2) is 0 Å². The van der Waals surface area contributed by atoms with Crippen molar-refractivity contribution in [1.82, 2.24) is 4.90 Å². The van der Waals surface area contributed by atoms with Crippen LogP contribution in [-0.2, 0) is 4.74 Å². The molecule has 0 aromatic rings. The predicted molar refractivity (Wildman–Crippen MR) is 86.9 cm³/mol. The molecule has 19 heavy (non-hydrogen) atoms. The molecule has 2 N–H and O–H groups in total. The van der Waals surface area contributed by atoms with Gasteiger partial charge in [-0.05, 0) is 44.8 Å². The number of hydrogen-bond acceptors (Lipinski definition) is 4. The van der Waals surface area contributed by atoms with Crippen molar-refractivity contribution in [2.75, 3.05) is 26.5 Å². The monoisotopic (exact) mass is 302 g/mol. The molecule has 0 aromatic heterocycles. The molecule has 2 fully saturated rings. The maximum atomic E-state index is 5.95. The highest BCUT2D eigenvalue weighted by Crippen LogP contribution is 2.37. The van der Waals surface area contributed by atoms with Crippen LogP contribution in [0, 0.1) is 0 Å². The molecule has 0 amide bonds. The molecule has 2 atom stereocenters. The lowest BCUT2D eigenvalue weighted by molar-refractivity contribution is 0.0218. The molecule has 0 radical (unpaired) electrons. The van der Waals surface area contributed by atoms with Gasteiger partial charge < -0.3 is 15.4 Å². The van der Waals surface area contributed by atoms with Crippen molar-refractivity contribution < 1.29 is 4.74 Å². The number of ether oxygens (including phenoxy) is 1. The van der Waals surface area contributed by atoms with E-state index in [4.69, 9.17) is 22.7 Å². The van der Waals surface area contributed by atoms with E-state index in [2.05, 4.69) is 11.2 Å². The van der Waals surface area contributed by atoms with Gasteiger partial charge in [0.2, 0.25) is 0 Å². The summed E-state index contributed by atoms with van der Waals surface area (Å²) in [6.45, 7) is 2.25. The van der Waals surface area contributed by atoms with Gasteiger partial charge in [0.1, 0.15) is 0 Å². The van der Waals surface area contributed by atoms with Crippen molar-refractivity contribution in [3.63, 3.8) is 0 Å². The Hall–Kier alpha value is 0.160. The number of hydrogen-bond donors (Lipinski definition) is 1. The third-order valence-electron chi connectivity index (χ3n) is 4.89. The molecule has 1 saturated heterocycles. The topological polar surface area (TPSA) is 38.5 Å². The number of rotatable bonds is 4. The van der Waals surface area contributed by atoms with E-state index < -0.39 is 0 Å². The number of methoxy groups -OCH3 is 1. The molecule has 110 valence electrons. The van der Waals surface area contributed by atoms with Crippen LogP contribution in [0.3, 0.4) is 0 Å². The van der Waals surface area contributed by atoms with E-state index >= 15 is 0 Å². The van der Waals surface area contributed by atoms with Gasteiger partial charge in [0, 0.05) is 26.2 Å². The van der Waals surface area contributed by atoms with E-state index in [9.17, 15) is 0 Å². The summed E-state index contributed by atoms with van der Waals surface area (Å²) in [4.78, 5) is 3.33. The lowest BCUT2D eigenvalue weighted by atomic mass is 9.88. The molecule has 0 aromatic carbocycles. The van der Waals surface area contributed by atoms with Gasteiger partial charge in [0.25, 0.3) is 0 Å². The normalized spacial score (nSPS) is 32.1. The molecule has 0 bridgehead atoms. The molecule has 1 aliphatic heterocycles. The van der Waals surface area contributed by atoms with Crippen molar-refractivity contribution in [3.05, 3.63) is 0 Å². The van der Waals surface area contributed by atoms with Crippen molar-refractivity contribution in [3.8, 4) is 0 Å². The van der Waals surface area contributed by atoms with Crippen molar-refractivity contribution >= 4 is 29.0 Å². The summed E-state index contributed by atoms with van der Waals surface area (Å²) < 4.78 is 5.58. The zero-order chi connectivity index (χ0) is 13.9. The summed E-state index contributed by atoms with van der Waals surface area (Å²) >= 11 is 7.12. The van der Waals surface area contributed by atoms with Gasteiger partial charge in [-0.15, -0.1) is 0 Å². The predicted octanol–water partition coefficient (Wildman–Crippen LogP) is 2.43. The van der Waals surface area contributed by atoms with Crippen LogP contribution in [-0.4, -0.2) is 53.2 Å². The standard InChI is InChI=1S/C14H26N2OS2/c1-17-12-5-3-4-11(10-12)16-8-6-14(19-2,7-9-16)13(15)18/h11-12H,3-10H2,1-2H3,(H2,15,18). The highest BCUT2D eigenvalue weighted by molar-refractivity contribution is 8.02. The van der Waals surface area contributed by atoms with Crippen molar-refractivity contribution in [1.29, 1.82) is 0 Å². The smallest absolute Gasteiger partial charge is 0.0891 e. The first kappa shape index (κ1) is 15.5. The van der Waals surface area contributed by atoms with Crippen LogP contribution < -0.4 is 5.73 Å². The number of nitrogens with two attached hydrogens (primary N) is 1. The molecule has 0 spiro atoms. The van der Waals surface area contributed by atoms with Crippen LogP contribution in [0.1, 0.15) is 38.5 Å². The minimum absolute atomic E-state index is 0.0428. The molecule has 1 saturated carbocycles. The van der Waals surface area contributed by atoms with Gasteiger partial charge in [-0.25, -0.2) is 0 Å². The number of piperidine rings is 1. The molecule has 2 unspecified atom stereocenters. The molecule has 1 heterocycles. The number of thioether (sulfide) groups is 1. The van der Waals surface area contributed by atoms with Crippen molar-refractivity contribution in [2.24, 2.45) is 5.73 Å². The third kappa shape index (κ3) is 3.43. The molecule has 1 aliphatic carbocycles. The fourth-order valence-electron chi connectivity index (χ4n) is 3.47. The summed E-state index contributed by atoms with van der Waals surface area (Å²) in [5, 5.41) is 0. The molecular weight excluding hydrogens is 276 g/mol. The second-order valence-corrected chi connectivity index (χ2v) is 7.41. The Morgan fingerprint density at radius 3 is 2.58 bits per heavy atom. The Morgan fingerprint density at radius 2 is 2.05 bits per heavy atom. The van der Waals surface area contributed by atoms with Gasteiger partial charge in [-0.2, -0.15) is 11.8 Å². The Morgan fingerprint density at radius 1 is 1.37 bits per heavy atom. The summed E-state index contributed by atoms with van der Waals surface area (Å²) in [6, 6.07) is 0.699. The van der Waals surface area contributed by atoms with Gasteiger partial charge in [0.05, 0.1) is 15.8 Å². The Kier molecular flexibility index (Phi) is 5.52. The van der Waals surface area contributed by atoms with E-state index in [1.807, 2.05) is 18.9 Å². The van der Waals surface area contributed by atoms with E-state index in [1.54, 1.807) is 0 Å². The van der Waals surface area contributed by atoms with E-state index in [0.29, 0.717) is 17.1 Å². The molecule has 2 aliphatic rings. The van der Waals surface area contributed by atoms with Gasteiger partial charge in [0.15, 0.2) is 0 Å². The second-order valence-electron chi connectivity index (χ2n) is 5.78. The van der Waals surface area contributed by atoms with Gasteiger partial charge >= 0.3 is 0 Å². The zero-order valence-corrected chi connectivity index (χ0v) is 13.7. The third-order valence-corrected chi connectivity index (χ3v) is 6.82. The average molecular weight is 303 g/mol. The first-order valence-electron chi connectivity index (χ1n) is 7.23. The number of thiocarbonyl (C=S) groups is 1. The highest BCUT2D eigenvalue weighted by Gasteiger charge is 2.39. The SMILES string of the molecule is COC1CCCC(N2CCC(SC)(C(N)=S)CC2)C1. The van der Waals surface area contributed by atoms with Crippen LogP contribution in [0.5, 0.6) is 0 Å². The minimum Gasteiger partial charge on any atom is -0.392 e. The van der Waals surface area contributed by atoms with E-state index in [-0.39, 0.29) is 4.75 Å². The highest BCUT2D eigenvalue weighted by atomic mass is 32.2. The number of nitrogens with zero attached hydrogens (tertiary/aromatic N) is 1. The maximum absolute atomic E-state index is 5.95. The Balaban J connectivity index is 1.90. The lowest BCUT2D eigenvalue weighted by Gasteiger charge is -2.45. The zero-order valence-electron chi connectivity index (χ0n) is 12.1. The first-order valence-corrected chi connectivity index (χ1v) is 8.86. The fraction of sp³-hybridized carbons (Fsp3) is 0.929. The van der Waals surface area contributed by atoms with Crippen LogP contribution >= 0.6 is 24.0 Å². The summed E-state index contributed by atoms with van der Waals surface area (Å²) in [5.74, 6) is 0. The largest absolute Gasteiger partial charge is 0.392 e. The second kappa shape index (κ2) is 6.74. The molecular formula is C14H26N2OS2. The Labute approximate surface area is 126 Å². The molecule has 2 rings (SSSR count). The van der Waals surface area contributed by atoms with E-state index in [1.165, 1.54) is 25.7 Å². The summed E-state index contributed by atoms with van der Waals surface area (Å²) in [5.41, 5.74) is 5.95. The number of likely N-dealkylation sites (tertiary alicyclic amines) is 1.